The van der Waals surface area contributed by atoms with Crippen LogP contribution in [-0.2, 0) is 0 Å². The van der Waals surface area contributed by atoms with Crippen molar-refractivity contribution < 1.29 is 5.11 Å². The second-order valence-corrected chi connectivity index (χ2v) is 3.78. The van der Waals surface area contributed by atoms with Crippen molar-refractivity contribution in [2.45, 2.75) is 44.2 Å². The van der Waals surface area contributed by atoms with Crippen LogP contribution >= 0.6 is 0 Å². The molecule has 1 N–H and O–H groups in total. The number of aliphatic hydroxyl groups is 1. The predicted molar refractivity (Wildman–Crippen MR) is 44.5 cm³/mol. The largest absolute Gasteiger partial charge is 0.396 e. The van der Waals surface area contributed by atoms with Gasteiger partial charge >= 0.3 is 0 Å². The van der Waals surface area contributed by atoms with Crippen LogP contribution in [-0.4, -0.2) is 35.2 Å². The molecule has 0 amide bonds. The molecule has 0 aromatic carbocycles. The van der Waals surface area contributed by atoms with Gasteiger partial charge in [-0.3, -0.25) is 4.90 Å². The van der Waals surface area contributed by atoms with Crippen molar-refractivity contribution in [2.75, 3.05) is 13.2 Å². The first-order chi connectivity index (χ1) is 5.42. The maximum absolute atomic E-state index is 8.69. The molecular formula is C9H17NO. The number of aliphatic hydroxyl groups excluding tert-OH is 1. The zero-order valence-corrected chi connectivity index (χ0v) is 7.00. The monoisotopic (exact) mass is 155 g/mol. The molecule has 0 spiro atoms. The Labute approximate surface area is 68.2 Å². The van der Waals surface area contributed by atoms with Crippen molar-refractivity contribution in [1.82, 2.24) is 4.90 Å². The maximum atomic E-state index is 8.69. The van der Waals surface area contributed by atoms with Crippen molar-refractivity contribution >= 4 is 0 Å². The van der Waals surface area contributed by atoms with Crippen LogP contribution in [0.1, 0.15) is 32.1 Å². The van der Waals surface area contributed by atoms with Gasteiger partial charge in [0.1, 0.15) is 0 Å². The van der Waals surface area contributed by atoms with Gasteiger partial charge < -0.3 is 5.11 Å². The quantitative estimate of drug-likeness (QED) is 0.657. The van der Waals surface area contributed by atoms with E-state index in [0.29, 0.717) is 6.61 Å². The highest BCUT2D eigenvalue weighted by Crippen LogP contribution is 2.36. The van der Waals surface area contributed by atoms with Crippen LogP contribution in [0.5, 0.6) is 0 Å². The van der Waals surface area contributed by atoms with Crippen LogP contribution in [0.3, 0.4) is 0 Å². The Morgan fingerprint density at radius 3 is 2.09 bits per heavy atom. The highest BCUT2D eigenvalue weighted by molar-refractivity contribution is 4.94. The molecule has 2 saturated heterocycles. The molecule has 0 atom stereocenters. The van der Waals surface area contributed by atoms with Gasteiger partial charge in [0.15, 0.2) is 0 Å². The van der Waals surface area contributed by atoms with E-state index in [1.807, 2.05) is 0 Å². The average Bonchev–Trinajstić information content (AvgIpc) is 2.59. The molecule has 11 heavy (non-hydrogen) atoms. The van der Waals surface area contributed by atoms with Crippen molar-refractivity contribution in [3.8, 4) is 0 Å². The topological polar surface area (TPSA) is 23.5 Å². The van der Waals surface area contributed by atoms with Gasteiger partial charge in [-0.25, -0.2) is 0 Å². The lowest BCUT2D eigenvalue weighted by atomic mass is 10.0. The molecule has 2 rings (SSSR count). The molecule has 64 valence electrons. The van der Waals surface area contributed by atoms with Gasteiger partial charge in [0.25, 0.3) is 0 Å². The van der Waals surface area contributed by atoms with E-state index >= 15 is 0 Å². The fraction of sp³-hybridized carbons (Fsp3) is 1.00. The zero-order valence-electron chi connectivity index (χ0n) is 7.00. The van der Waals surface area contributed by atoms with E-state index in [1.165, 1.54) is 25.7 Å². The van der Waals surface area contributed by atoms with E-state index < -0.39 is 0 Å². The third kappa shape index (κ3) is 1.30. The van der Waals surface area contributed by atoms with Crippen LogP contribution in [0.4, 0.5) is 0 Å². The summed E-state index contributed by atoms with van der Waals surface area (Å²) in [6.45, 7) is 1.49. The Morgan fingerprint density at radius 2 is 1.64 bits per heavy atom. The molecule has 2 nitrogen and oxygen atoms in total. The minimum Gasteiger partial charge on any atom is -0.396 e. The van der Waals surface area contributed by atoms with E-state index in [0.717, 1.165) is 25.0 Å². The molecular weight excluding hydrogens is 138 g/mol. The van der Waals surface area contributed by atoms with Gasteiger partial charge in [0, 0.05) is 25.2 Å². The van der Waals surface area contributed by atoms with Gasteiger partial charge in [-0.2, -0.15) is 0 Å². The van der Waals surface area contributed by atoms with Crippen LogP contribution < -0.4 is 0 Å². The van der Waals surface area contributed by atoms with E-state index in [4.69, 9.17) is 5.11 Å². The Morgan fingerprint density at radius 1 is 1.09 bits per heavy atom. The summed E-state index contributed by atoms with van der Waals surface area (Å²) in [5, 5.41) is 8.69. The second-order valence-electron chi connectivity index (χ2n) is 3.78. The first kappa shape index (κ1) is 7.56. The summed E-state index contributed by atoms with van der Waals surface area (Å²) in [6.07, 6.45) is 6.62. The molecule has 0 aliphatic carbocycles. The summed E-state index contributed by atoms with van der Waals surface area (Å²) in [5.41, 5.74) is 0. The summed E-state index contributed by atoms with van der Waals surface area (Å²) < 4.78 is 0. The number of fused-ring (bicyclic) bond motifs is 2. The highest BCUT2D eigenvalue weighted by atomic mass is 16.3. The first-order valence-corrected chi connectivity index (χ1v) is 4.78. The summed E-state index contributed by atoms with van der Waals surface area (Å²) in [6, 6.07) is 1.76. The number of nitrogens with zero attached hydrogens (tertiary/aromatic N) is 1. The van der Waals surface area contributed by atoms with Crippen molar-refractivity contribution in [1.29, 1.82) is 0 Å². The minimum absolute atomic E-state index is 0.357. The maximum Gasteiger partial charge on any atom is 0.0443 e. The Balaban J connectivity index is 1.84. The fourth-order valence-electron chi connectivity index (χ4n) is 2.64. The fourth-order valence-corrected chi connectivity index (χ4v) is 2.64. The molecule has 2 aliphatic heterocycles. The zero-order chi connectivity index (χ0) is 7.68. The van der Waals surface area contributed by atoms with Crippen LogP contribution in [0.15, 0.2) is 0 Å². The summed E-state index contributed by atoms with van der Waals surface area (Å²) in [4.78, 5) is 2.61. The van der Waals surface area contributed by atoms with Gasteiger partial charge in [0.05, 0.1) is 0 Å². The molecule has 2 bridgehead atoms. The summed E-state index contributed by atoms with van der Waals surface area (Å²) >= 11 is 0. The van der Waals surface area contributed by atoms with E-state index in [-0.39, 0.29) is 0 Å². The van der Waals surface area contributed by atoms with E-state index in [9.17, 15) is 0 Å². The number of rotatable bonds is 3. The van der Waals surface area contributed by atoms with Crippen LogP contribution in [0, 0.1) is 0 Å². The molecule has 0 unspecified atom stereocenters. The Kier molecular flexibility index (Phi) is 2.14. The summed E-state index contributed by atoms with van der Waals surface area (Å²) in [5.74, 6) is 0. The number of hydrogen-bond acceptors (Lipinski definition) is 2. The standard InChI is InChI=1S/C9H17NO/c11-7-1-6-10-8-2-3-9(10)5-4-8/h8-9,11H,1-7H2. The van der Waals surface area contributed by atoms with Gasteiger partial charge in [-0.1, -0.05) is 0 Å². The first-order valence-electron chi connectivity index (χ1n) is 4.78. The number of hydrogen-bond donors (Lipinski definition) is 1. The van der Waals surface area contributed by atoms with Gasteiger partial charge in [0.2, 0.25) is 0 Å². The van der Waals surface area contributed by atoms with E-state index in [2.05, 4.69) is 4.90 Å². The lowest BCUT2D eigenvalue weighted by Gasteiger charge is -2.20. The molecule has 2 heterocycles. The summed E-state index contributed by atoms with van der Waals surface area (Å²) in [7, 11) is 0. The average molecular weight is 155 g/mol. The Hall–Kier alpha value is -0.0800. The minimum atomic E-state index is 0.357. The third-order valence-corrected chi connectivity index (χ3v) is 3.18. The van der Waals surface area contributed by atoms with Crippen molar-refractivity contribution in [2.24, 2.45) is 0 Å². The molecule has 2 fully saturated rings. The molecule has 0 saturated carbocycles. The third-order valence-electron chi connectivity index (χ3n) is 3.18. The molecule has 0 aromatic heterocycles. The molecule has 0 radical (unpaired) electrons. The lowest BCUT2D eigenvalue weighted by molar-refractivity contribution is 0.211. The lowest BCUT2D eigenvalue weighted by Crippen LogP contribution is -2.29. The van der Waals surface area contributed by atoms with Crippen LogP contribution in [0.25, 0.3) is 0 Å². The molecule has 2 aliphatic rings. The highest BCUT2D eigenvalue weighted by Gasteiger charge is 2.38. The van der Waals surface area contributed by atoms with Crippen molar-refractivity contribution in [3.05, 3.63) is 0 Å². The van der Waals surface area contributed by atoms with Gasteiger partial charge in [-0.15, -0.1) is 0 Å². The van der Waals surface area contributed by atoms with E-state index in [1.54, 1.807) is 0 Å². The van der Waals surface area contributed by atoms with Gasteiger partial charge in [-0.05, 0) is 32.1 Å². The van der Waals surface area contributed by atoms with Crippen molar-refractivity contribution in [3.63, 3.8) is 0 Å². The normalized spacial score (nSPS) is 36.8. The second kappa shape index (κ2) is 3.11. The van der Waals surface area contributed by atoms with Crippen LogP contribution in [0.2, 0.25) is 0 Å². The SMILES string of the molecule is OCCCN1C2CCC1CC2. The molecule has 2 heteroatoms. The molecule has 0 aromatic rings. The Bertz CT molecular complexity index is 118. The predicted octanol–water partition coefficient (Wildman–Crippen LogP) is 0.996. The smallest absolute Gasteiger partial charge is 0.0443 e.